The van der Waals surface area contributed by atoms with E-state index in [1.165, 1.54) is 0 Å². The SMILES string of the molecule is CCOC(=O)C1CCN(c2cccc(N)c2)CC1. The molecule has 0 aliphatic carbocycles. The third-order valence-corrected chi connectivity index (χ3v) is 3.35. The molecule has 4 nitrogen and oxygen atoms in total. The van der Waals surface area contributed by atoms with Crippen molar-refractivity contribution in [3.63, 3.8) is 0 Å². The number of carbonyl (C=O) groups excluding carboxylic acids is 1. The number of hydrogen-bond donors (Lipinski definition) is 1. The Hall–Kier alpha value is -1.71. The van der Waals surface area contributed by atoms with E-state index in [0.29, 0.717) is 6.61 Å². The van der Waals surface area contributed by atoms with Crippen molar-refractivity contribution >= 4 is 17.3 Å². The van der Waals surface area contributed by atoms with Crippen LogP contribution in [0.25, 0.3) is 0 Å². The summed E-state index contributed by atoms with van der Waals surface area (Å²) in [6.07, 6.45) is 1.71. The molecule has 98 valence electrons. The first-order chi connectivity index (χ1) is 8.70. The number of anilines is 2. The van der Waals surface area contributed by atoms with Crippen LogP contribution in [0.3, 0.4) is 0 Å². The molecule has 1 fully saturated rings. The van der Waals surface area contributed by atoms with Crippen molar-refractivity contribution < 1.29 is 9.53 Å². The summed E-state index contributed by atoms with van der Waals surface area (Å²) >= 11 is 0. The van der Waals surface area contributed by atoms with E-state index in [2.05, 4.69) is 11.0 Å². The Morgan fingerprint density at radius 2 is 2.17 bits per heavy atom. The second-order valence-electron chi connectivity index (χ2n) is 4.61. The van der Waals surface area contributed by atoms with Crippen LogP contribution in [0, 0.1) is 5.92 Å². The lowest BCUT2D eigenvalue weighted by Gasteiger charge is -2.32. The van der Waals surface area contributed by atoms with Gasteiger partial charge in [-0.25, -0.2) is 0 Å². The second-order valence-corrected chi connectivity index (χ2v) is 4.61. The average Bonchev–Trinajstić information content (AvgIpc) is 2.39. The van der Waals surface area contributed by atoms with Crippen LogP contribution in [-0.2, 0) is 9.53 Å². The molecule has 4 heteroatoms. The highest BCUT2D eigenvalue weighted by molar-refractivity contribution is 5.73. The molecule has 1 heterocycles. The standard InChI is InChI=1S/C14H20N2O2/c1-2-18-14(17)11-6-8-16(9-7-11)13-5-3-4-12(15)10-13/h3-5,10-11H,2,6-9,15H2,1H3. The molecule has 0 atom stereocenters. The van der Waals surface area contributed by atoms with Crippen LogP contribution in [0.15, 0.2) is 24.3 Å². The predicted octanol–water partition coefficient (Wildman–Crippen LogP) is 2.05. The highest BCUT2D eigenvalue weighted by atomic mass is 16.5. The summed E-state index contributed by atoms with van der Waals surface area (Å²) in [5.74, 6) is 0.00647. The molecule has 2 rings (SSSR count). The van der Waals surface area contributed by atoms with E-state index in [9.17, 15) is 4.79 Å². The Morgan fingerprint density at radius 3 is 2.78 bits per heavy atom. The number of nitrogens with zero attached hydrogens (tertiary/aromatic N) is 1. The van der Waals surface area contributed by atoms with Crippen molar-refractivity contribution in [3.05, 3.63) is 24.3 Å². The van der Waals surface area contributed by atoms with E-state index in [1.54, 1.807) is 0 Å². The monoisotopic (exact) mass is 248 g/mol. The lowest BCUT2D eigenvalue weighted by Crippen LogP contribution is -2.36. The molecule has 18 heavy (non-hydrogen) atoms. The van der Waals surface area contributed by atoms with Crippen molar-refractivity contribution in [1.82, 2.24) is 0 Å². The first-order valence-corrected chi connectivity index (χ1v) is 6.48. The summed E-state index contributed by atoms with van der Waals surface area (Å²) in [5, 5.41) is 0. The lowest BCUT2D eigenvalue weighted by molar-refractivity contribution is -0.148. The molecule has 1 aromatic rings. The van der Waals surface area contributed by atoms with E-state index >= 15 is 0 Å². The van der Waals surface area contributed by atoms with Crippen LogP contribution in [-0.4, -0.2) is 25.7 Å². The molecule has 2 N–H and O–H groups in total. The van der Waals surface area contributed by atoms with Crippen molar-refractivity contribution in [2.75, 3.05) is 30.3 Å². The van der Waals surface area contributed by atoms with Gasteiger partial charge in [-0.05, 0) is 38.0 Å². The van der Waals surface area contributed by atoms with Gasteiger partial charge in [0.25, 0.3) is 0 Å². The Labute approximate surface area is 108 Å². The van der Waals surface area contributed by atoms with Gasteiger partial charge >= 0.3 is 5.97 Å². The highest BCUT2D eigenvalue weighted by Gasteiger charge is 2.25. The Kier molecular flexibility index (Phi) is 4.07. The molecule has 0 bridgehead atoms. The van der Waals surface area contributed by atoms with E-state index in [0.717, 1.165) is 37.3 Å². The topological polar surface area (TPSA) is 55.6 Å². The maximum absolute atomic E-state index is 11.6. The van der Waals surface area contributed by atoms with Gasteiger partial charge in [0.05, 0.1) is 12.5 Å². The Morgan fingerprint density at radius 1 is 1.44 bits per heavy atom. The maximum Gasteiger partial charge on any atom is 0.309 e. The van der Waals surface area contributed by atoms with Crippen LogP contribution in [0.2, 0.25) is 0 Å². The Bertz CT molecular complexity index is 412. The van der Waals surface area contributed by atoms with Crippen LogP contribution in [0.5, 0.6) is 0 Å². The van der Waals surface area contributed by atoms with Crippen molar-refractivity contribution in [2.45, 2.75) is 19.8 Å². The predicted molar refractivity (Wildman–Crippen MR) is 72.4 cm³/mol. The summed E-state index contributed by atoms with van der Waals surface area (Å²) in [4.78, 5) is 13.9. The first kappa shape index (κ1) is 12.7. The molecular weight excluding hydrogens is 228 g/mol. The van der Waals surface area contributed by atoms with Gasteiger partial charge in [-0.3, -0.25) is 4.79 Å². The minimum Gasteiger partial charge on any atom is -0.466 e. The van der Waals surface area contributed by atoms with Gasteiger partial charge in [-0.1, -0.05) is 6.07 Å². The summed E-state index contributed by atoms with van der Waals surface area (Å²) in [6, 6.07) is 7.88. The number of rotatable bonds is 3. The third-order valence-electron chi connectivity index (χ3n) is 3.35. The zero-order chi connectivity index (χ0) is 13.0. The Balaban J connectivity index is 1.92. The van der Waals surface area contributed by atoms with Crippen molar-refractivity contribution in [2.24, 2.45) is 5.92 Å². The molecule has 0 spiro atoms. The quantitative estimate of drug-likeness (QED) is 0.657. The minimum atomic E-state index is -0.0512. The van der Waals surface area contributed by atoms with E-state index in [1.807, 2.05) is 25.1 Å². The fourth-order valence-corrected chi connectivity index (χ4v) is 2.35. The number of nitrogens with two attached hydrogens (primary N) is 1. The fraction of sp³-hybridized carbons (Fsp3) is 0.500. The number of hydrogen-bond acceptors (Lipinski definition) is 4. The summed E-state index contributed by atoms with van der Waals surface area (Å²) in [6.45, 7) is 4.08. The molecule has 0 aromatic heterocycles. The number of carbonyl (C=O) groups is 1. The van der Waals surface area contributed by atoms with E-state index < -0.39 is 0 Å². The molecule has 0 saturated carbocycles. The lowest BCUT2D eigenvalue weighted by atomic mass is 9.96. The summed E-state index contributed by atoms with van der Waals surface area (Å²) < 4.78 is 5.06. The minimum absolute atomic E-state index is 0.0512. The number of benzene rings is 1. The zero-order valence-electron chi connectivity index (χ0n) is 10.8. The van der Waals surface area contributed by atoms with Gasteiger partial charge in [0.2, 0.25) is 0 Å². The van der Waals surface area contributed by atoms with E-state index in [-0.39, 0.29) is 11.9 Å². The van der Waals surface area contributed by atoms with Gasteiger partial charge < -0.3 is 15.4 Å². The van der Waals surface area contributed by atoms with Gasteiger partial charge in [0.15, 0.2) is 0 Å². The smallest absolute Gasteiger partial charge is 0.309 e. The molecule has 0 unspecified atom stereocenters. The fourth-order valence-electron chi connectivity index (χ4n) is 2.35. The van der Waals surface area contributed by atoms with Gasteiger partial charge in [-0.2, -0.15) is 0 Å². The molecule has 0 amide bonds. The van der Waals surface area contributed by atoms with Crippen LogP contribution in [0.1, 0.15) is 19.8 Å². The first-order valence-electron chi connectivity index (χ1n) is 6.48. The number of nitrogen functional groups attached to an aromatic ring is 1. The van der Waals surface area contributed by atoms with Crippen LogP contribution in [0.4, 0.5) is 11.4 Å². The zero-order valence-corrected chi connectivity index (χ0v) is 10.8. The van der Waals surface area contributed by atoms with Gasteiger partial charge in [-0.15, -0.1) is 0 Å². The molecule has 0 radical (unpaired) electrons. The van der Waals surface area contributed by atoms with Crippen molar-refractivity contribution in [1.29, 1.82) is 0 Å². The van der Waals surface area contributed by atoms with Gasteiger partial charge in [0.1, 0.15) is 0 Å². The average molecular weight is 248 g/mol. The normalized spacial score (nSPS) is 16.6. The molecule has 1 aliphatic rings. The number of piperidine rings is 1. The summed E-state index contributed by atoms with van der Waals surface area (Å²) in [7, 11) is 0. The number of esters is 1. The van der Waals surface area contributed by atoms with Crippen LogP contribution < -0.4 is 10.6 Å². The van der Waals surface area contributed by atoms with E-state index in [4.69, 9.17) is 10.5 Å². The van der Waals surface area contributed by atoms with Gasteiger partial charge in [0, 0.05) is 24.5 Å². The second kappa shape index (κ2) is 5.76. The van der Waals surface area contributed by atoms with Crippen LogP contribution >= 0.6 is 0 Å². The molecule has 1 saturated heterocycles. The summed E-state index contributed by atoms with van der Waals surface area (Å²) in [5.41, 5.74) is 7.69. The van der Waals surface area contributed by atoms with Crippen molar-refractivity contribution in [3.8, 4) is 0 Å². The molecule has 1 aromatic carbocycles. The molecular formula is C14H20N2O2. The third kappa shape index (κ3) is 2.94. The highest BCUT2D eigenvalue weighted by Crippen LogP contribution is 2.25. The maximum atomic E-state index is 11.6. The number of ether oxygens (including phenoxy) is 1. The molecule has 1 aliphatic heterocycles. The largest absolute Gasteiger partial charge is 0.466 e.